The van der Waals surface area contributed by atoms with Gasteiger partial charge < -0.3 is 59.6 Å². The molecule has 48 heavy (non-hydrogen) atoms. The molecule has 4 rings (SSSR count). The average molecular weight is 702 g/mol. The first-order valence-corrected chi connectivity index (χ1v) is 16.9. The van der Waals surface area contributed by atoms with Crippen molar-refractivity contribution >= 4 is 11.9 Å². The number of carbonyl (C=O) groups is 2. The molecule has 17 heteroatoms. The molecule has 0 radical (unpaired) electrons. The number of hydrogen-bond donors (Lipinski definition) is 7. The first-order valence-electron chi connectivity index (χ1n) is 16.9. The lowest BCUT2D eigenvalue weighted by Gasteiger charge is -2.48. The van der Waals surface area contributed by atoms with Gasteiger partial charge in [-0.3, -0.25) is 4.79 Å². The first-order chi connectivity index (χ1) is 22.7. The molecular formula is C31H50F3NO13. The highest BCUT2D eigenvalue weighted by molar-refractivity contribution is 5.82. The van der Waals surface area contributed by atoms with Gasteiger partial charge >= 0.3 is 18.1 Å². The van der Waals surface area contributed by atoms with Crippen molar-refractivity contribution in [2.45, 2.75) is 164 Å². The average Bonchev–Trinajstić information content (AvgIpc) is 3.05. The number of carbonyl (C=O) groups excluding carboxylic acids is 1. The van der Waals surface area contributed by atoms with E-state index in [2.05, 4.69) is 0 Å². The van der Waals surface area contributed by atoms with E-state index in [0.717, 1.165) is 32.1 Å². The molecule has 14 nitrogen and oxygen atoms in total. The fourth-order valence-corrected chi connectivity index (χ4v) is 7.31. The van der Waals surface area contributed by atoms with Crippen LogP contribution in [0.1, 0.15) is 78.1 Å². The highest BCUT2D eigenvalue weighted by atomic mass is 19.4. The normalized spacial score (nSPS) is 40.7. The monoisotopic (exact) mass is 701 g/mol. The SMILES string of the molecule is CCC1CCC[C@@H](O[C@@H]2OC(CO)[C@H](O)C(O[C@@H](CC3CCCCC3)C(=O)O)C2NC(=O)C(F)(F)F)[C@@H]1OC1O[C@@H](C)[C@H](O)C(O)[C@@H]1O. The molecule has 0 spiro atoms. The molecule has 0 aromatic heterocycles. The number of carboxylic acid groups (broad SMARTS) is 1. The molecular weight excluding hydrogens is 651 g/mol. The number of aliphatic carboxylic acids is 1. The van der Waals surface area contributed by atoms with E-state index in [-0.39, 0.29) is 24.7 Å². The van der Waals surface area contributed by atoms with Crippen LogP contribution in [0.3, 0.4) is 0 Å². The summed E-state index contributed by atoms with van der Waals surface area (Å²) < 4.78 is 70.3. The number of nitrogens with one attached hydrogen (secondary N) is 1. The van der Waals surface area contributed by atoms with Crippen LogP contribution in [0, 0.1) is 11.8 Å². The summed E-state index contributed by atoms with van der Waals surface area (Å²) >= 11 is 0. The van der Waals surface area contributed by atoms with Crippen molar-refractivity contribution in [2.24, 2.45) is 11.8 Å². The predicted molar refractivity (Wildman–Crippen MR) is 157 cm³/mol. The molecule has 14 atom stereocenters. The van der Waals surface area contributed by atoms with Gasteiger partial charge in [0, 0.05) is 0 Å². The Kier molecular flexibility index (Phi) is 13.9. The maximum absolute atomic E-state index is 13.6. The van der Waals surface area contributed by atoms with E-state index in [1.807, 2.05) is 6.92 Å². The fourth-order valence-electron chi connectivity index (χ4n) is 7.31. The third-order valence-electron chi connectivity index (χ3n) is 10.1. The fraction of sp³-hybridized carbons (Fsp3) is 0.935. The van der Waals surface area contributed by atoms with Crippen molar-refractivity contribution < 1.29 is 77.1 Å². The van der Waals surface area contributed by atoms with Crippen molar-refractivity contribution in [3.8, 4) is 0 Å². The maximum Gasteiger partial charge on any atom is 0.471 e. The molecule has 2 aliphatic heterocycles. The van der Waals surface area contributed by atoms with Crippen LogP contribution >= 0.6 is 0 Å². The van der Waals surface area contributed by atoms with Crippen molar-refractivity contribution in [1.82, 2.24) is 5.32 Å². The van der Waals surface area contributed by atoms with E-state index in [0.29, 0.717) is 19.3 Å². The zero-order valence-electron chi connectivity index (χ0n) is 27.1. The first kappa shape index (κ1) is 39.1. The summed E-state index contributed by atoms with van der Waals surface area (Å²) in [7, 11) is 0. The largest absolute Gasteiger partial charge is 0.479 e. The van der Waals surface area contributed by atoms with Crippen molar-refractivity contribution in [1.29, 1.82) is 0 Å². The van der Waals surface area contributed by atoms with Crippen molar-refractivity contribution in [3.63, 3.8) is 0 Å². The predicted octanol–water partition coefficient (Wildman–Crippen LogP) is 0.728. The number of rotatable bonds is 12. The Balaban J connectivity index is 1.63. The summed E-state index contributed by atoms with van der Waals surface area (Å²) in [6.45, 7) is 2.50. The molecule has 278 valence electrons. The van der Waals surface area contributed by atoms with Gasteiger partial charge in [0.1, 0.15) is 42.7 Å². The van der Waals surface area contributed by atoms with E-state index in [1.54, 1.807) is 5.32 Å². The molecule has 2 saturated heterocycles. The van der Waals surface area contributed by atoms with Crippen LogP contribution in [0.4, 0.5) is 13.2 Å². The van der Waals surface area contributed by atoms with Gasteiger partial charge in [-0.05, 0) is 38.0 Å². The van der Waals surface area contributed by atoms with Crippen LogP contribution in [-0.2, 0) is 33.3 Å². The Bertz CT molecular complexity index is 1050. The lowest BCUT2D eigenvalue weighted by Crippen LogP contribution is -2.68. The van der Waals surface area contributed by atoms with Crippen LogP contribution in [0.15, 0.2) is 0 Å². The summed E-state index contributed by atoms with van der Waals surface area (Å²) in [4.78, 5) is 24.6. The summed E-state index contributed by atoms with van der Waals surface area (Å²) in [5.74, 6) is -4.08. The molecule has 4 fully saturated rings. The topological polar surface area (TPSA) is 214 Å². The molecule has 2 saturated carbocycles. The van der Waals surface area contributed by atoms with Crippen LogP contribution < -0.4 is 5.32 Å². The Morgan fingerprint density at radius 3 is 2.17 bits per heavy atom. The lowest BCUT2D eigenvalue weighted by molar-refractivity contribution is -0.337. The van der Waals surface area contributed by atoms with E-state index >= 15 is 0 Å². The summed E-state index contributed by atoms with van der Waals surface area (Å²) in [5.41, 5.74) is 0. The Hall–Kier alpha value is -1.67. The molecule has 2 heterocycles. The third-order valence-corrected chi connectivity index (χ3v) is 10.1. The molecule has 2 aliphatic carbocycles. The number of carboxylic acids is 1. The zero-order chi connectivity index (χ0) is 35.3. The minimum absolute atomic E-state index is 0.0219. The molecule has 0 aromatic carbocycles. The molecule has 1 amide bonds. The molecule has 0 bridgehead atoms. The van der Waals surface area contributed by atoms with Gasteiger partial charge in [0.25, 0.3) is 0 Å². The van der Waals surface area contributed by atoms with Gasteiger partial charge in [-0.2, -0.15) is 13.2 Å². The number of alkyl halides is 3. The smallest absolute Gasteiger partial charge is 0.471 e. The van der Waals surface area contributed by atoms with E-state index in [1.165, 1.54) is 6.92 Å². The highest BCUT2D eigenvalue weighted by Gasteiger charge is 2.53. The third kappa shape index (κ3) is 9.35. The van der Waals surface area contributed by atoms with Crippen LogP contribution in [-0.4, -0.2) is 135 Å². The zero-order valence-corrected chi connectivity index (χ0v) is 27.1. The molecule has 6 unspecified atom stereocenters. The number of amides is 1. The van der Waals surface area contributed by atoms with Crippen molar-refractivity contribution in [2.75, 3.05) is 6.61 Å². The van der Waals surface area contributed by atoms with Gasteiger partial charge in [-0.15, -0.1) is 0 Å². The number of aliphatic hydroxyl groups excluding tert-OH is 5. The standard InChI is InChI=1S/C31H50F3NO13/c1-3-16-10-7-11-17(25(16)48-29-24(40)23(39)21(37)14(2)44-29)46-28-20(35-30(43)31(32,33)34)26(22(38)19(13-36)47-28)45-18(27(41)42)12-15-8-5-4-6-9-15/h14-26,28-29,36-40H,3-13H2,1-2H3,(H,35,43)(H,41,42)/t14-,16?,17+,18-,19?,20?,21-,22-,23?,24-,25+,26?,28+,29?/m0/s1. The van der Waals surface area contributed by atoms with Crippen LogP contribution in [0.25, 0.3) is 0 Å². The quantitative estimate of drug-likeness (QED) is 0.150. The second-order valence-electron chi connectivity index (χ2n) is 13.4. The van der Waals surface area contributed by atoms with E-state index in [4.69, 9.17) is 23.7 Å². The number of halogens is 3. The Morgan fingerprint density at radius 2 is 1.56 bits per heavy atom. The Labute approximate surface area is 276 Å². The number of hydrogen-bond acceptors (Lipinski definition) is 12. The van der Waals surface area contributed by atoms with Crippen LogP contribution in [0.5, 0.6) is 0 Å². The van der Waals surface area contributed by atoms with Crippen LogP contribution in [0.2, 0.25) is 0 Å². The number of aliphatic hydroxyl groups is 5. The molecule has 0 aromatic rings. The summed E-state index contributed by atoms with van der Waals surface area (Å²) in [6, 6.07) is -1.89. The van der Waals surface area contributed by atoms with Gasteiger partial charge in [0.05, 0.1) is 24.9 Å². The lowest BCUT2D eigenvalue weighted by atomic mass is 9.82. The highest BCUT2D eigenvalue weighted by Crippen LogP contribution is 2.38. The van der Waals surface area contributed by atoms with Gasteiger partial charge in [-0.1, -0.05) is 51.9 Å². The van der Waals surface area contributed by atoms with Gasteiger partial charge in [-0.25, -0.2) is 4.79 Å². The van der Waals surface area contributed by atoms with Crippen molar-refractivity contribution in [3.05, 3.63) is 0 Å². The van der Waals surface area contributed by atoms with E-state index in [9.17, 15) is 53.4 Å². The summed E-state index contributed by atoms with van der Waals surface area (Å²) in [5, 5.41) is 64.0. The molecule has 4 aliphatic rings. The second-order valence-corrected chi connectivity index (χ2v) is 13.4. The van der Waals surface area contributed by atoms with Gasteiger partial charge in [0.2, 0.25) is 0 Å². The number of ether oxygens (including phenoxy) is 5. The summed E-state index contributed by atoms with van der Waals surface area (Å²) in [6.07, 6.45) is -16.4. The maximum atomic E-state index is 13.6. The van der Waals surface area contributed by atoms with Gasteiger partial charge in [0.15, 0.2) is 18.7 Å². The second kappa shape index (κ2) is 17.0. The molecule has 7 N–H and O–H groups in total. The minimum Gasteiger partial charge on any atom is -0.479 e. The van der Waals surface area contributed by atoms with E-state index < -0.39 is 104 Å². The minimum atomic E-state index is -5.37. The Morgan fingerprint density at radius 1 is 0.875 bits per heavy atom.